The number of hydrogen-bond acceptors (Lipinski definition) is 5. The molecule has 1 amide bonds. The quantitative estimate of drug-likeness (QED) is 0.722. The van der Waals surface area contributed by atoms with Gasteiger partial charge in [0, 0.05) is 18.4 Å². The lowest BCUT2D eigenvalue weighted by molar-refractivity contribution is -0.172. The zero-order valence-electron chi connectivity index (χ0n) is 16.3. The van der Waals surface area contributed by atoms with Gasteiger partial charge in [-0.05, 0) is 31.2 Å². The number of amides is 1. The van der Waals surface area contributed by atoms with Gasteiger partial charge in [-0.1, -0.05) is 26.0 Å². The van der Waals surface area contributed by atoms with Gasteiger partial charge >= 0.3 is 0 Å². The van der Waals surface area contributed by atoms with E-state index in [9.17, 15) is 14.3 Å². The third kappa shape index (κ3) is 3.64. The second-order valence-electron chi connectivity index (χ2n) is 7.55. The van der Waals surface area contributed by atoms with Crippen molar-refractivity contribution in [1.82, 2.24) is 5.32 Å². The minimum Gasteiger partial charge on any atom is -0.483 e. The van der Waals surface area contributed by atoms with Gasteiger partial charge in [-0.25, -0.2) is 4.39 Å². The van der Waals surface area contributed by atoms with Gasteiger partial charge in [0.15, 0.2) is 17.3 Å². The zero-order valence-corrected chi connectivity index (χ0v) is 16.3. The molecule has 1 aliphatic rings. The Morgan fingerprint density at radius 1 is 1.32 bits per heavy atom. The summed E-state index contributed by atoms with van der Waals surface area (Å²) >= 11 is 0. The Balaban J connectivity index is 1.63. The van der Waals surface area contributed by atoms with Crippen LogP contribution >= 0.6 is 0 Å². The Morgan fingerprint density at radius 3 is 2.71 bits per heavy atom. The molecule has 1 aromatic heterocycles. The Labute approximate surface area is 163 Å². The molecule has 1 aliphatic carbocycles. The van der Waals surface area contributed by atoms with Crippen molar-refractivity contribution in [3.05, 3.63) is 53.7 Å². The largest absolute Gasteiger partial charge is 0.483 e. The molecule has 2 unspecified atom stereocenters. The third-order valence-corrected chi connectivity index (χ3v) is 5.65. The van der Waals surface area contributed by atoms with Gasteiger partial charge in [-0.3, -0.25) is 4.79 Å². The van der Waals surface area contributed by atoms with E-state index in [1.165, 1.54) is 18.2 Å². The summed E-state index contributed by atoms with van der Waals surface area (Å²) in [6.07, 6.45) is 0.492. The summed E-state index contributed by atoms with van der Waals surface area (Å²) in [4.78, 5) is 12.6. The topological polar surface area (TPSA) is 80.9 Å². The summed E-state index contributed by atoms with van der Waals surface area (Å²) in [5.41, 5.74) is -1.20. The van der Waals surface area contributed by atoms with Gasteiger partial charge in [0.2, 0.25) is 0 Å². The Hall–Kier alpha value is -2.38. The number of nitrogens with one attached hydrogen (secondary N) is 1. The number of halogens is 1. The lowest BCUT2D eigenvalue weighted by Gasteiger charge is -2.60. The van der Waals surface area contributed by atoms with Crippen molar-refractivity contribution in [2.45, 2.75) is 45.4 Å². The number of ether oxygens (including phenoxy) is 2. The number of carbonyl (C=O) groups excluding carboxylic acids is 1. The highest BCUT2D eigenvalue weighted by molar-refractivity contribution is 5.92. The molecule has 2 atom stereocenters. The zero-order chi connectivity index (χ0) is 20.4. The maximum atomic E-state index is 13.6. The molecular weight excluding hydrogens is 365 g/mol. The standard InChI is InChI=1S/C21H26FNO5/c1-4-26-18-11-21(13-24,20(18,2)3)23-19(25)17-10-9-14(28-17)12-27-16-8-6-5-7-15(16)22/h5-10,18,24H,4,11-13H2,1-3H3,(H,23,25). The van der Waals surface area contributed by atoms with E-state index >= 15 is 0 Å². The Kier molecular flexibility index (Phi) is 5.76. The molecular formula is C21H26FNO5. The van der Waals surface area contributed by atoms with Crippen molar-refractivity contribution in [2.24, 2.45) is 5.41 Å². The van der Waals surface area contributed by atoms with Crippen LogP contribution in [0.1, 0.15) is 43.5 Å². The molecule has 0 aliphatic heterocycles. The molecule has 0 bridgehead atoms. The van der Waals surface area contributed by atoms with E-state index in [2.05, 4.69) is 5.32 Å². The normalized spacial score (nSPS) is 23.1. The number of furan rings is 1. The summed E-state index contributed by atoms with van der Waals surface area (Å²) < 4.78 is 30.2. The van der Waals surface area contributed by atoms with Crippen molar-refractivity contribution in [3.63, 3.8) is 0 Å². The minimum absolute atomic E-state index is 0.00271. The molecule has 28 heavy (non-hydrogen) atoms. The predicted molar refractivity (Wildman–Crippen MR) is 101 cm³/mol. The van der Waals surface area contributed by atoms with E-state index in [-0.39, 0.29) is 30.8 Å². The van der Waals surface area contributed by atoms with Crippen molar-refractivity contribution >= 4 is 5.91 Å². The average molecular weight is 391 g/mol. The summed E-state index contributed by atoms with van der Waals surface area (Å²) in [7, 11) is 0. The molecule has 0 saturated heterocycles. The van der Waals surface area contributed by atoms with E-state index in [1.807, 2.05) is 20.8 Å². The van der Waals surface area contributed by atoms with Crippen LogP contribution in [-0.2, 0) is 11.3 Å². The van der Waals surface area contributed by atoms with Crippen molar-refractivity contribution in [2.75, 3.05) is 13.2 Å². The summed E-state index contributed by atoms with van der Waals surface area (Å²) in [5, 5.41) is 12.8. The highest BCUT2D eigenvalue weighted by Gasteiger charge is 2.61. The fourth-order valence-electron chi connectivity index (χ4n) is 3.57. The lowest BCUT2D eigenvalue weighted by Crippen LogP contribution is -2.74. The van der Waals surface area contributed by atoms with E-state index in [1.54, 1.807) is 18.2 Å². The highest BCUT2D eigenvalue weighted by Crippen LogP contribution is 2.51. The van der Waals surface area contributed by atoms with Gasteiger partial charge in [0.05, 0.1) is 18.2 Å². The van der Waals surface area contributed by atoms with Crippen LogP contribution in [0.15, 0.2) is 40.8 Å². The van der Waals surface area contributed by atoms with E-state index in [4.69, 9.17) is 13.9 Å². The Bertz CT molecular complexity index is 834. The van der Waals surface area contributed by atoms with Gasteiger partial charge in [-0.15, -0.1) is 0 Å². The summed E-state index contributed by atoms with van der Waals surface area (Å²) in [6, 6.07) is 9.21. The molecule has 2 N–H and O–H groups in total. The van der Waals surface area contributed by atoms with E-state index in [0.717, 1.165) is 0 Å². The average Bonchev–Trinajstić information content (AvgIpc) is 3.15. The minimum atomic E-state index is -0.777. The maximum Gasteiger partial charge on any atom is 0.287 e. The van der Waals surface area contributed by atoms with Crippen molar-refractivity contribution in [1.29, 1.82) is 0 Å². The van der Waals surface area contributed by atoms with Crippen molar-refractivity contribution < 1.29 is 28.2 Å². The molecule has 6 nitrogen and oxygen atoms in total. The first-order valence-corrected chi connectivity index (χ1v) is 9.34. The number of aliphatic hydroxyl groups excluding tert-OH is 1. The monoisotopic (exact) mass is 391 g/mol. The van der Waals surface area contributed by atoms with Gasteiger partial charge in [-0.2, -0.15) is 0 Å². The smallest absolute Gasteiger partial charge is 0.287 e. The number of aliphatic hydroxyl groups is 1. The van der Waals surface area contributed by atoms with Crippen LogP contribution in [0.5, 0.6) is 5.75 Å². The van der Waals surface area contributed by atoms with E-state index < -0.39 is 22.7 Å². The van der Waals surface area contributed by atoms with Crippen molar-refractivity contribution in [3.8, 4) is 5.75 Å². The number of benzene rings is 1. The number of para-hydroxylation sites is 1. The number of rotatable bonds is 8. The molecule has 1 saturated carbocycles. The molecule has 3 rings (SSSR count). The lowest BCUT2D eigenvalue weighted by atomic mass is 9.54. The molecule has 0 spiro atoms. The van der Waals surface area contributed by atoms with Crippen LogP contribution in [0.3, 0.4) is 0 Å². The number of carbonyl (C=O) groups is 1. The first-order valence-electron chi connectivity index (χ1n) is 9.34. The van der Waals surface area contributed by atoms with Crippen LogP contribution in [-0.4, -0.2) is 35.9 Å². The second kappa shape index (κ2) is 7.93. The first kappa shape index (κ1) is 20.4. The summed E-state index contributed by atoms with van der Waals surface area (Å²) in [5.74, 6) is -0.272. The molecule has 1 fully saturated rings. The van der Waals surface area contributed by atoms with Crippen LogP contribution in [0.25, 0.3) is 0 Å². The second-order valence-corrected chi connectivity index (χ2v) is 7.55. The highest BCUT2D eigenvalue weighted by atomic mass is 19.1. The van der Waals surface area contributed by atoms with Gasteiger partial charge in [0.25, 0.3) is 5.91 Å². The fourth-order valence-corrected chi connectivity index (χ4v) is 3.57. The van der Waals surface area contributed by atoms with E-state index in [0.29, 0.717) is 18.8 Å². The predicted octanol–water partition coefficient (Wildman–Crippen LogP) is 3.29. The molecule has 7 heteroatoms. The van der Waals surface area contributed by atoms with Gasteiger partial charge in [0.1, 0.15) is 12.4 Å². The first-order chi connectivity index (χ1) is 13.3. The van der Waals surface area contributed by atoms with Gasteiger partial charge < -0.3 is 24.3 Å². The SMILES string of the molecule is CCOC1CC(CO)(NC(=O)c2ccc(COc3ccccc3F)o2)C1(C)C. The molecule has 152 valence electrons. The molecule has 1 aromatic carbocycles. The van der Waals surface area contributed by atoms with Crippen LogP contribution in [0.2, 0.25) is 0 Å². The Morgan fingerprint density at radius 2 is 2.07 bits per heavy atom. The number of hydrogen-bond donors (Lipinski definition) is 2. The van der Waals surface area contributed by atoms with Crippen LogP contribution < -0.4 is 10.1 Å². The third-order valence-electron chi connectivity index (χ3n) is 5.65. The molecule has 0 radical (unpaired) electrons. The van der Waals surface area contributed by atoms with Crippen LogP contribution in [0.4, 0.5) is 4.39 Å². The maximum absolute atomic E-state index is 13.6. The van der Waals surface area contributed by atoms with Crippen LogP contribution in [0, 0.1) is 11.2 Å². The fraction of sp³-hybridized carbons (Fsp3) is 0.476. The molecule has 2 aromatic rings. The molecule has 1 heterocycles. The summed E-state index contributed by atoms with van der Waals surface area (Å²) in [6.45, 7) is 6.22.